The van der Waals surface area contributed by atoms with Crippen molar-refractivity contribution in [3.05, 3.63) is 82.7 Å². The number of rotatable bonds is 4. The molecule has 0 atom stereocenters. The van der Waals surface area contributed by atoms with Gasteiger partial charge >= 0.3 is 5.63 Å². The van der Waals surface area contributed by atoms with Gasteiger partial charge in [0.05, 0.1) is 6.42 Å². The number of carbonyl (C=O) groups excluding carboxylic acids is 1. The highest BCUT2D eigenvalue weighted by molar-refractivity contribution is 5.93. The summed E-state index contributed by atoms with van der Waals surface area (Å²) in [5, 5.41) is 12.5. The van der Waals surface area contributed by atoms with Crippen LogP contribution in [0.15, 0.2) is 75.9 Å². The van der Waals surface area contributed by atoms with Gasteiger partial charge in [-0.1, -0.05) is 60.7 Å². The molecule has 0 radical (unpaired) electrons. The molecule has 0 saturated heterocycles. The minimum absolute atomic E-state index is 0.0974. The van der Waals surface area contributed by atoms with Crippen LogP contribution in [0.2, 0.25) is 0 Å². The lowest BCUT2D eigenvalue weighted by Gasteiger charge is -2.08. The summed E-state index contributed by atoms with van der Waals surface area (Å²) in [7, 11) is 0. The zero-order valence-electron chi connectivity index (χ0n) is 12.7. The summed E-state index contributed by atoms with van der Waals surface area (Å²) in [6.07, 6.45) is 0.0974. The van der Waals surface area contributed by atoms with Crippen molar-refractivity contribution in [3.8, 4) is 17.1 Å². The zero-order valence-corrected chi connectivity index (χ0v) is 12.7. The first-order chi connectivity index (χ1) is 11.6. The first-order valence-corrected chi connectivity index (χ1v) is 7.40. The number of carbonyl (C=O) groups is 1. The van der Waals surface area contributed by atoms with E-state index >= 15 is 0 Å². The van der Waals surface area contributed by atoms with Crippen molar-refractivity contribution in [2.45, 2.75) is 6.42 Å². The highest BCUT2D eigenvalue weighted by Gasteiger charge is 2.15. The highest BCUT2D eigenvalue weighted by Crippen LogP contribution is 2.26. The smallest absolute Gasteiger partial charge is 0.364 e. The van der Waals surface area contributed by atoms with E-state index in [0.29, 0.717) is 5.56 Å². The van der Waals surface area contributed by atoms with Crippen molar-refractivity contribution < 1.29 is 14.3 Å². The van der Waals surface area contributed by atoms with Crippen LogP contribution in [0.25, 0.3) is 11.3 Å². The molecule has 2 N–H and O–H groups in total. The maximum absolute atomic E-state index is 12.1. The van der Waals surface area contributed by atoms with Gasteiger partial charge in [-0.05, 0) is 5.56 Å². The second-order valence-corrected chi connectivity index (χ2v) is 5.23. The van der Waals surface area contributed by atoms with E-state index in [2.05, 4.69) is 5.32 Å². The quantitative estimate of drug-likeness (QED) is 0.773. The molecule has 0 bridgehead atoms. The molecule has 0 aliphatic heterocycles. The molecule has 1 amide bonds. The number of aromatic hydroxyl groups is 1. The molecule has 0 fully saturated rings. The molecule has 120 valence electrons. The van der Waals surface area contributed by atoms with Crippen LogP contribution in [0.1, 0.15) is 5.56 Å². The van der Waals surface area contributed by atoms with Crippen LogP contribution < -0.4 is 10.9 Å². The van der Waals surface area contributed by atoms with Gasteiger partial charge in [0.2, 0.25) is 5.91 Å². The molecule has 1 aromatic heterocycles. The lowest BCUT2D eigenvalue weighted by atomic mass is 10.1. The van der Waals surface area contributed by atoms with Crippen molar-refractivity contribution in [2.24, 2.45) is 0 Å². The number of nitrogens with one attached hydrogen (secondary N) is 1. The van der Waals surface area contributed by atoms with E-state index in [4.69, 9.17) is 4.42 Å². The van der Waals surface area contributed by atoms with E-state index in [1.807, 2.05) is 24.3 Å². The summed E-state index contributed by atoms with van der Waals surface area (Å²) in [5.41, 5.74) is 0.415. The van der Waals surface area contributed by atoms with Crippen LogP contribution in [-0.2, 0) is 11.2 Å². The van der Waals surface area contributed by atoms with E-state index in [9.17, 15) is 14.7 Å². The topological polar surface area (TPSA) is 79.5 Å². The van der Waals surface area contributed by atoms with Crippen LogP contribution in [-0.4, -0.2) is 11.0 Å². The second-order valence-electron chi connectivity index (χ2n) is 5.23. The molecule has 0 spiro atoms. The predicted molar refractivity (Wildman–Crippen MR) is 90.9 cm³/mol. The fourth-order valence-corrected chi connectivity index (χ4v) is 2.31. The van der Waals surface area contributed by atoms with Crippen molar-refractivity contribution in [1.29, 1.82) is 0 Å². The largest absolute Gasteiger partial charge is 0.505 e. The van der Waals surface area contributed by atoms with E-state index in [0.717, 1.165) is 5.56 Å². The van der Waals surface area contributed by atoms with Gasteiger partial charge in [-0.25, -0.2) is 4.79 Å². The Labute approximate surface area is 138 Å². The fraction of sp³-hybridized carbons (Fsp3) is 0.0526. The van der Waals surface area contributed by atoms with Crippen molar-refractivity contribution >= 4 is 11.6 Å². The summed E-state index contributed by atoms with van der Waals surface area (Å²) in [5.74, 6) is -0.498. The lowest BCUT2D eigenvalue weighted by Crippen LogP contribution is -2.19. The molecule has 2 aromatic carbocycles. The first-order valence-electron chi connectivity index (χ1n) is 7.40. The van der Waals surface area contributed by atoms with E-state index < -0.39 is 11.5 Å². The molecule has 5 heteroatoms. The predicted octanol–water partition coefficient (Wildman–Crippen LogP) is 3.19. The Kier molecular flexibility index (Phi) is 4.43. The molecule has 1 heterocycles. The monoisotopic (exact) mass is 321 g/mol. The Morgan fingerprint density at radius 1 is 1.00 bits per heavy atom. The number of hydrogen-bond acceptors (Lipinski definition) is 4. The number of hydrogen-bond donors (Lipinski definition) is 2. The van der Waals surface area contributed by atoms with Crippen LogP contribution in [0.3, 0.4) is 0 Å². The lowest BCUT2D eigenvalue weighted by molar-refractivity contribution is -0.115. The zero-order chi connectivity index (χ0) is 16.9. The summed E-state index contributed by atoms with van der Waals surface area (Å²) >= 11 is 0. The minimum atomic E-state index is -0.796. The maximum atomic E-state index is 12.1. The van der Waals surface area contributed by atoms with Crippen LogP contribution in [0, 0.1) is 0 Å². The summed E-state index contributed by atoms with van der Waals surface area (Å²) < 4.78 is 5.20. The Balaban J connectivity index is 1.82. The van der Waals surface area contributed by atoms with Gasteiger partial charge in [-0.15, -0.1) is 0 Å². The average molecular weight is 321 g/mol. The van der Waals surface area contributed by atoms with Crippen LogP contribution >= 0.6 is 0 Å². The van der Waals surface area contributed by atoms with Crippen LogP contribution in [0.4, 0.5) is 5.69 Å². The van der Waals surface area contributed by atoms with Gasteiger partial charge in [-0.3, -0.25) is 4.79 Å². The number of anilines is 1. The van der Waals surface area contributed by atoms with Crippen LogP contribution in [0.5, 0.6) is 5.75 Å². The second kappa shape index (κ2) is 6.83. The SMILES string of the molecule is O=C(Cc1ccccc1)Nc1c(O)cc(-c2ccccc2)oc1=O. The fourth-order valence-electron chi connectivity index (χ4n) is 2.31. The molecule has 0 saturated carbocycles. The van der Waals surface area contributed by atoms with Gasteiger partial charge in [0.15, 0.2) is 5.69 Å². The summed E-state index contributed by atoms with van der Waals surface area (Å²) in [6.45, 7) is 0. The van der Waals surface area contributed by atoms with Crippen molar-refractivity contribution in [2.75, 3.05) is 5.32 Å². The van der Waals surface area contributed by atoms with Gasteiger partial charge in [0, 0.05) is 11.6 Å². The molecule has 24 heavy (non-hydrogen) atoms. The van der Waals surface area contributed by atoms with Gasteiger partial charge in [-0.2, -0.15) is 0 Å². The molecular formula is C19H15NO4. The molecule has 5 nitrogen and oxygen atoms in total. The first kappa shape index (κ1) is 15.6. The van der Waals surface area contributed by atoms with E-state index in [1.54, 1.807) is 36.4 Å². The summed E-state index contributed by atoms with van der Waals surface area (Å²) in [6, 6.07) is 19.4. The number of benzene rings is 2. The van der Waals surface area contributed by atoms with Crippen molar-refractivity contribution in [1.82, 2.24) is 0 Å². The standard InChI is InChI=1S/C19H15NO4/c21-15-12-16(14-9-5-2-6-10-14)24-19(23)18(15)20-17(22)11-13-7-3-1-4-8-13/h1-10,12,21H,11H2,(H,20,22). The molecule has 0 unspecified atom stereocenters. The third-order valence-corrected chi connectivity index (χ3v) is 3.46. The Bertz CT molecular complexity index is 902. The third kappa shape index (κ3) is 3.52. The molecular weight excluding hydrogens is 306 g/mol. The van der Waals surface area contributed by atoms with Gasteiger partial charge in [0.1, 0.15) is 11.5 Å². The summed E-state index contributed by atoms with van der Waals surface area (Å²) in [4.78, 5) is 24.1. The third-order valence-electron chi connectivity index (χ3n) is 3.46. The average Bonchev–Trinajstić information content (AvgIpc) is 2.59. The Hall–Kier alpha value is -3.34. The van der Waals surface area contributed by atoms with Crippen molar-refractivity contribution in [3.63, 3.8) is 0 Å². The molecule has 3 rings (SSSR count). The molecule has 0 aliphatic carbocycles. The normalized spacial score (nSPS) is 10.3. The highest BCUT2D eigenvalue weighted by atomic mass is 16.4. The van der Waals surface area contributed by atoms with E-state index in [-0.39, 0.29) is 23.6 Å². The molecule has 3 aromatic rings. The minimum Gasteiger partial charge on any atom is -0.505 e. The Morgan fingerprint density at radius 2 is 1.62 bits per heavy atom. The number of amides is 1. The van der Waals surface area contributed by atoms with Gasteiger partial charge in [0.25, 0.3) is 0 Å². The maximum Gasteiger partial charge on any atom is 0.364 e. The van der Waals surface area contributed by atoms with Gasteiger partial charge < -0.3 is 14.8 Å². The molecule has 0 aliphatic rings. The Morgan fingerprint density at radius 3 is 2.25 bits per heavy atom. The van der Waals surface area contributed by atoms with E-state index in [1.165, 1.54) is 6.07 Å².